The summed E-state index contributed by atoms with van der Waals surface area (Å²) in [4.78, 5) is 4.51. The number of fused-ring (bicyclic) bond motifs is 4. The number of piperidine rings is 3. The van der Waals surface area contributed by atoms with Crippen LogP contribution in [-0.2, 0) is 0 Å². The molecule has 3 fully saturated rings. The lowest BCUT2D eigenvalue weighted by atomic mass is 9.71. The van der Waals surface area contributed by atoms with Gasteiger partial charge >= 0.3 is 0 Å². The van der Waals surface area contributed by atoms with E-state index in [0.29, 0.717) is 11.8 Å². The van der Waals surface area contributed by atoms with Gasteiger partial charge in [-0.2, -0.15) is 0 Å². The van der Waals surface area contributed by atoms with E-state index in [0.717, 1.165) is 39.7 Å². The lowest BCUT2D eigenvalue weighted by Gasteiger charge is -2.58. The number of aliphatic hydroxyl groups is 1. The van der Waals surface area contributed by atoms with E-state index >= 15 is 0 Å². The fourth-order valence-electron chi connectivity index (χ4n) is 5.90. The van der Waals surface area contributed by atoms with Crippen LogP contribution in [0.25, 0.3) is 10.9 Å². The molecule has 4 nitrogen and oxygen atoms in total. The minimum atomic E-state index is -0.484. The number of aromatic nitrogens is 1. The Morgan fingerprint density at radius 3 is 2.90 bits per heavy atom. The highest BCUT2D eigenvalue weighted by molar-refractivity contribution is 5.83. The lowest BCUT2D eigenvalue weighted by Crippen LogP contribution is -3.00. The SMILES string of the molecule is C=CC1C[N+]2(CCCCC)CCC1C[C@@H]2[C@@H](O)c1ccnc2ccc(OC)cc12.[Cl-]. The number of pyridine rings is 1. The van der Waals surface area contributed by atoms with Crippen molar-refractivity contribution in [2.24, 2.45) is 11.8 Å². The largest absolute Gasteiger partial charge is 1.00 e. The molecular weight excluding hydrogens is 396 g/mol. The molecule has 1 aromatic heterocycles. The van der Waals surface area contributed by atoms with E-state index < -0.39 is 6.10 Å². The van der Waals surface area contributed by atoms with E-state index in [-0.39, 0.29) is 18.4 Å². The summed E-state index contributed by atoms with van der Waals surface area (Å²) in [6.07, 6.45) is 9.59. The molecule has 4 heterocycles. The van der Waals surface area contributed by atoms with Gasteiger partial charge in [0.1, 0.15) is 17.9 Å². The van der Waals surface area contributed by atoms with Crippen LogP contribution in [0.3, 0.4) is 0 Å². The third-order valence-corrected chi connectivity index (χ3v) is 7.55. The molecule has 1 aromatic carbocycles. The molecular formula is C25H35ClN2O2. The highest BCUT2D eigenvalue weighted by Gasteiger charge is 2.53. The molecule has 0 saturated carbocycles. The van der Waals surface area contributed by atoms with Crippen LogP contribution in [-0.4, -0.2) is 47.4 Å². The maximum Gasteiger partial charge on any atom is 0.131 e. The maximum absolute atomic E-state index is 11.7. The van der Waals surface area contributed by atoms with Gasteiger partial charge in [0.15, 0.2) is 0 Å². The maximum atomic E-state index is 11.7. The summed E-state index contributed by atoms with van der Waals surface area (Å²) in [6, 6.07) is 8.19. The number of rotatable bonds is 8. The van der Waals surface area contributed by atoms with E-state index in [2.05, 4.69) is 24.6 Å². The number of halogens is 1. The normalized spacial score (nSPS) is 28.7. The Labute approximate surface area is 187 Å². The second kappa shape index (κ2) is 9.67. The van der Waals surface area contributed by atoms with Crippen molar-refractivity contribution in [2.75, 3.05) is 26.7 Å². The molecule has 30 heavy (non-hydrogen) atoms. The van der Waals surface area contributed by atoms with E-state index in [1.165, 1.54) is 38.8 Å². The molecule has 1 N–H and O–H groups in total. The van der Waals surface area contributed by atoms with Crippen LogP contribution in [0, 0.1) is 11.8 Å². The first-order valence-electron chi connectivity index (χ1n) is 11.2. The third-order valence-electron chi connectivity index (χ3n) is 7.55. The molecule has 0 spiro atoms. The van der Waals surface area contributed by atoms with Crippen LogP contribution >= 0.6 is 0 Å². The molecule has 5 atom stereocenters. The Morgan fingerprint density at radius 2 is 2.17 bits per heavy atom. The molecule has 3 unspecified atom stereocenters. The summed E-state index contributed by atoms with van der Waals surface area (Å²) >= 11 is 0. The van der Waals surface area contributed by atoms with Gasteiger partial charge in [0.2, 0.25) is 0 Å². The average molecular weight is 431 g/mol. The number of ether oxygens (including phenoxy) is 1. The number of quaternary nitrogens is 1. The molecule has 0 aliphatic carbocycles. The van der Waals surface area contributed by atoms with E-state index in [4.69, 9.17) is 4.74 Å². The Kier molecular flexibility index (Phi) is 7.43. The fraction of sp³-hybridized carbons (Fsp3) is 0.560. The van der Waals surface area contributed by atoms with Crippen LogP contribution in [0.15, 0.2) is 43.1 Å². The zero-order valence-electron chi connectivity index (χ0n) is 18.3. The van der Waals surface area contributed by atoms with Crippen molar-refractivity contribution < 1.29 is 26.7 Å². The van der Waals surface area contributed by atoms with E-state index in [9.17, 15) is 5.11 Å². The third kappa shape index (κ3) is 4.10. The van der Waals surface area contributed by atoms with Crippen LogP contribution in [0.5, 0.6) is 5.75 Å². The van der Waals surface area contributed by atoms with Crippen molar-refractivity contribution in [1.82, 2.24) is 4.98 Å². The van der Waals surface area contributed by atoms with E-state index in [1.807, 2.05) is 30.5 Å². The Balaban J connectivity index is 0.00000256. The van der Waals surface area contributed by atoms with Gasteiger partial charge in [-0.15, -0.1) is 6.58 Å². The Bertz CT molecular complexity index is 873. The molecule has 5 heteroatoms. The number of methoxy groups -OCH3 is 1. The topological polar surface area (TPSA) is 42.4 Å². The zero-order chi connectivity index (χ0) is 20.4. The average Bonchev–Trinajstić information content (AvgIpc) is 2.78. The second-order valence-corrected chi connectivity index (χ2v) is 9.03. The van der Waals surface area contributed by atoms with Crippen molar-refractivity contribution in [2.45, 2.75) is 51.2 Å². The van der Waals surface area contributed by atoms with Crippen molar-refractivity contribution in [1.29, 1.82) is 0 Å². The summed E-state index contributed by atoms with van der Waals surface area (Å²) in [7, 11) is 1.68. The first-order chi connectivity index (χ1) is 14.1. The smallest absolute Gasteiger partial charge is 0.131 e. The molecule has 0 radical (unpaired) electrons. The van der Waals surface area contributed by atoms with Crippen molar-refractivity contribution in [3.8, 4) is 5.75 Å². The number of hydrogen-bond donors (Lipinski definition) is 1. The molecule has 0 amide bonds. The minimum Gasteiger partial charge on any atom is -1.00 e. The van der Waals surface area contributed by atoms with Crippen LogP contribution in [0.2, 0.25) is 0 Å². The summed E-state index contributed by atoms with van der Waals surface area (Å²) < 4.78 is 6.49. The Morgan fingerprint density at radius 1 is 1.33 bits per heavy atom. The van der Waals surface area contributed by atoms with E-state index in [1.54, 1.807) is 7.11 Å². The highest BCUT2D eigenvalue weighted by atomic mass is 35.5. The quantitative estimate of drug-likeness (QED) is 0.395. The molecule has 2 aromatic rings. The molecule has 3 aliphatic heterocycles. The van der Waals surface area contributed by atoms with Gasteiger partial charge < -0.3 is 26.7 Å². The van der Waals surface area contributed by atoms with Gasteiger partial charge in [0, 0.05) is 30.3 Å². The van der Waals surface area contributed by atoms with Gasteiger partial charge in [0.25, 0.3) is 0 Å². The zero-order valence-corrected chi connectivity index (χ0v) is 19.0. The van der Waals surface area contributed by atoms with Gasteiger partial charge in [-0.25, -0.2) is 0 Å². The van der Waals surface area contributed by atoms with Crippen LogP contribution in [0.4, 0.5) is 0 Å². The summed E-state index contributed by atoms with van der Waals surface area (Å²) in [5, 5.41) is 12.7. The molecule has 3 aliphatic rings. The number of hydrogen-bond acceptors (Lipinski definition) is 3. The molecule has 164 valence electrons. The highest BCUT2D eigenvalue weighted by Crippen LogP contribution is 2.47. The van der Waals surface area contributed by atoms with Crippen LogP contribution in [0.1, 0.15) is 50.7 Å². The van der Waals surface area contributed by atoms with Gasteiger partial charge in [-0.3, -0.25) is 4.98 Å². The predicted octanol–water partition coefficient (Wildman–Crippen LogP) is 1.88. The van der Waals surface area contributed by atoms with Gasteiger partial charge in [0.05, 0.1) is 32.3 Å². The number of benzene rings is 1. The first-order valence-corrected chi connectivity index (χ1v) is 11.2. The minimum absolute atomic E-state index is 0. The number of nitrogens with zero attached hydrogens (tertiary/aromatic N) is 2. The summed E-state index contributed by atoms with van der Waals surface area (Å²) in [5.41, 5.74) is 1.91. The second-order valence-electron chi connectivity index (χ2n) is 9.03. The number of unbranched alkanes of at least 4 members (excludes halogenated alkanes) is 2. The summed E-state index contributed by atoms with van der Waals surface area (Å²) in [5.74, 6) is 2.05. The molecule has 5 rings (SSSR count). The predicted molar refractivity (Wildman–Crippen MR) is 118 cm³/mol. The summed E-state index contributed by atoms with van der Waals surface area (Å²) in [6.45, 7) is 9.87. The molecule has 3 saturated heterocycles. The lowest BCUT2D eigenvalue weighted by molar-refractivity contribution is -0.973. The monoisotopic (exact) mass is 430 g/mol. The van der Waals surface area contributed by atoms with Crippen LogP contribution < -0.4 is 17.1 Å². The molecule has 2 bridgehead atoms. The van der Waals surface area contributed by atoms with Gasteiger partial charge in [-0.1, -0.05) is 19.4 Å². The Hall–Kier alpha value is -1.62. The van der Waals surface area contributed by atoms with Crippen molar-refractivity contribution in [3.63, 3.8) is 0 Å². The fourth-order valence-corrected chi connectivity index (χ4v) is 5.90. The van der Waals surface area contributed by atoms with Crippen molar-refractivity contribution >= 4 is 10.9 Å². The van der Waals surface area contributed by atoms with Gasteiger partial charge in [-0.05, 0) is 48.6 Å². The first kappa shape index (κ1) is 23.1. The number of aliphatic hydroxyl groups excluding tert-OH is 1. The van der Waals surface area contributed by atoms with Crippen molar-refractivity contribution in [3.05, 3.63) is 48.7 Å². The standard InChI is InChI=1S/C25H35N2O2.ClH/c1-4-6-7-13-27-14-11-19(18(5-2)17-27)15-24(27)25(28)21-10-12-26-23-9-8-20(29-3)16-22(21)23;/h5,8-10,12,16,18-19,24-25,28H,2,4,6-7,11,13-15,17H2,1,3H3;1H/q+1;/p-1/t18?,19?,24-,25+,27?;/m1./s1.